The van der Waals surface area contributed by atoms with Gasteiger partial charge in [0.25, 0.3) is 0 Å². The molecule has 5 aliphatic rings. The summed E-state index contributed by atoms with van der Waals surface area (Å²) in [6, 6.07) is 0. The van der Waals surface area contributed by atoms with Crippen LogP contribution < -0.4 is 0 Å². The highest BCUT2D eigenvalue weighted by atomic mass is 16.7. The van der Waals surface area contributed by atoms with Crippen LogP contribution in [0.25, 0.3) is 0 Å². The zero-order valence-corrected chi connectivity index (χ0v) is 15.6. The molecule has 0 aromatic rings. The summed E-state index contributed by atoms with van der Waals surface area (Å²) in [7, 11) is 0. The van der Waals surface area contributed by atoms with E-state index < -0.39 is 11.7 Å². The molecule has 5 rings (SSSR count). The number of esters is 1. The van der Waals surface area contributed by atoms with E-state index in [1.807, 2.05) is 6.92 Å². The first-order valence-corrected chi connectivity index (χ1v) is 9.95. The molecule has 1 N–H and O–H groups in total. The molecule has 0 unspecified atom stereocenters. The average Bonchev–Trinajstić information content (AvgIpc) is 3.47. The Morgan fingerprint density at radius 3 is 2.77 bits per heavy atom. The molecule has 4 heterocycles. The van der Waals surface area contributed by atoms with Crippen molar-refractivity contribution in [2.45, 2.75) is 68.7 Å². The van der Waals surface area contributed by atoms with E-state index in [1.165, 1.54) is 0 Å². The van der Waals surface area contributed by atoms with Crippen molar-refractivity contribution in [1.82, 2.24) is 4.90 Å². The Hall–Kier alpha value is -0.730. The molecule has 1 aliphatic carbocycles. The lowest BCUT2D eigenvalue weighted by Gasteiger charge is -2.31. The number of morpholine rings is 1. The smallest absolute Gasteiger partial charge is 0.311 e. The van der Waals surface area contributed by atoms with E-state index in [1.54, 1.807) is 0 Å². The molecule has 0 spiro atoms. The average molecular weight is 367 g/mol. The molecule has 0 radical (unpaired) electrons. The largest absolute Gasteiger partial charge is 0.459 e. The Balaban J connectivity index is 1.39. The van der Waals surface area contributed by atoms with Gasteiger partial charge in [0.2, 0.25) is 0 Å². The first-order valence-electron chi connectivity index (χ1n) is 9.95. The van der Waals surface area contributed by atoms with Crippen LogP contribution in [0.3, 0.4) is 0 Å². The summed E-state index contributed by atoms with van der Waals surface area (Å²) in [6.45, 7) is 7.84. The minimum atomic E-state index is -0.579. The van der Waals surface area contributed by atoms with Gasteiger partial charge in [-0.25, -0.2) is 0 Å². The monoisotopic (exact) mass is 367 g/mol. The van der Waals surface area contributed by atoms with E-state index in [9.17, 15) is 9.90 Å². The number of epoxide rings is 2. The van der Waals surface area contributed by atoms with Crippen LogP contribution in [0.4, 0.5) is 0 Å². The molecule has 0 aromatic heterocycles. The van der Waals surface area contributed by atoms with Crippen molar-refractivity contribution in [2.75, 3.05) is 32.8 Å². The van der Waals surface area contributed by atoms with Crippen LogP contribution in [0, 0.1) is 11.8 Å². The molecule has 0 aromatic carbocycles. The number of hydrogen-bond acceptors (Lipinski definition) is 7. The van der Waals surface area contributed by atoms with Gasteiger partial charge in [-0.2, -0.15) is 0 Å². The van der Waals surface area contributed by atoms with Crippen molar-refractivity contribution in [3.05, 3.63) is 0 Å². The second kappa shape index (κ2) is 5.88. The number of nitrogens with zero attached hydrogens (tertiary/aromatic N) is 1. The van der Waals surface area contributed by atoms with Crippen LogP contribution in [0.5, 0.6) is 0 Å². The van der Waals surface area contributed by atoms with Gasteiger partial charge in [0.1, 0.15) is 17.8 Å². The first kappa shape index (κ1) is 17.4. The molecule has 0 amide bonds. The molecular formula is C19H29NO6. The number of aliphatic hydroxyl groups is 1. The van der Waals surface area contributed by atoms with Crippen molar-refractivity contribution in [2.24, 2.45) is 11.8 Å². The number of carbonyl (C=O) groups excluding carboxylic acids is 1. The van der Waals surface area contributed by atoms with Crippen molar-refractivity contribution < 1.29 is 28.8 Å². The molecule has 8 atom stereocenters. The fourth-order valence-corrected chi connectivity index (χ4v) is 5.26. The zero-order valence-electron chi connectivity index (χ0n) is 15.6. The molecule has 4 aliphatic heterocycles. The van der Waals surface area contributed by atoms with Gasteiger partial charge < -0.3 is 24.1 Å². The van der Waals surface area contributed by atoms with Gasteiger partial charge in [-0.1, -0.05) is 0 Å². The summed E-state index contributed by atoms with van der Waals surface area (Å²) in [5, 5.41) is 10.9. The van der Waals surface area contributed by atoms with E-state index >= 15 is 0 Å². The lowest BCUT2D eigenvalue weighted by molar-refractivity contribution is -0.145. The third kappa shape index (κ3) is 2.71. The van der Waals surface area contributed by atoms with Gasteiger partial charge in [-0.3, -0.25) is 9.69 Å². The number of rotatable bonds is 2. The molecule has 26 heavy (non-hydrogen) atoms. The van der Waals surface area contributed by atoms with Gasteiger partial charge >= 0.3 is 5.97 Å². The SMILES string of the molecule is C[C@@]12O[C@H]1CC[C@]1(C)O[C@H]1[C@@H]1OC(=O)[C@H](CN3CCOCC3)[C@H]1C[C@@H]2O. The molecule has 1 saturated carbocycles. The quantitative estimate of drug-likeness (QED) is 0.556. The topological polar surface area (TPSA) is 84.1 Å². The van der Waals surface area contributed by atoms with E-state index in [2.05, 4.69) is 11.8 Å². The maximum absolute atomic E-state index is 12.7. The van der Waals surface area contributed by atoms with Crippen molar-refractivity contribution in [3.8, 4) is 0 Å². The highest BCUT2D eigenvalue weighted by molar-refractivity contribution is 5.76. The normalized spacial score (nSPS) is 53.9. The fourth-order valence-electron chi connectivity index (χ4n) is 5.26. The first-order chi connectivity index (χ1) is 12.4. The molecule has 7 heteroatoms. The van der Waals surface area contributed by atoms with Gasteiger partial charge in [-0.05, 0) is 33.1 Å². The summed E-state index contributed by atoms with van der Waals surface area (Å²) in [6.07, 6.45) is 1.47. The minimum Gasteiger partial charge on any atom is -0.459 e. The highest BCUT2D eigenvalue weighted by Crippen LogP contribution is 2.54. The third-order valence-corrected chi connectivity index (χ3v) is 7.33. The van der Waals surface area contributed by atoms with E-state index in [0.29, 0.717) is 26.2 Å². The van der Waals surface area contributed by atoms with E-state index in [0.717, 1.165) is 25.9 Å². The Morgan fingerprint density at radius 1 is 1.23 bits per heavy atom. The minimum absolute atomic E-state index is 0.0352. The Morgan fingerprint density at radius 2 is 2.00 bits per heavy atom. The summed E-state index contributed by atoms with van der Waals surface area (Å²) in [4.78, 5) is 15.0. The fraction of sp³-hybridized carbons (Fsp3) is 0.947. The van der Waals surface area contributed by atoms with Gasteiger partial charge in [0.15, 0.2) is 0 Å². The maximum Gasteiger partial charge on any atom is 0.311 e. The Labute approximate surface area is 153 Å². The maximum atomic E-state index is 12.7. The Bertz CT molecular complexity index is 595. The predicted octanol–water partition coefficient (Wildman–Crippen LogP) is 0.336. The van der Waals surface area contributed by atoms with Crippen LogP contribution >= 0.6 is 0 Å². The zero-order chi connectivity index (χ0) is 18.1. The van der Waals surface area contributed by atoms with Crippen LogP contribution in [-0.4, -0.2) is 84.4 Å². The second-order valence-corrected chi connectivity index (χ2v) is 9.02. The van der Waals surface area contributed by atoms with Crippen LogP contribution in [0.15, 0.2) is 0 Å². The van der Waals surface area contributed by atoms with Crippen LogP contribution in [-0.2, 0) is 23.7 Å². The Kier molecular flexibility index (Phi) is 3.93. The standard InChI is InChI=1S/C19H29NO6/c1-18-4-3-14-19(2,25-14)13(21)9-11-12(10-20-5-7-23-8-6-20)17(22)24-15(11)16(18)26-18/h11-16,21H,3-10H2,1-2H3/t11-,12-,13+,14+,15-,16+,18+,19+/m1/s1. The van der Waals surface area contributed by atoms with Crippen molar-refractivity contribution in [1.29, 1.82) is 0 Å². The lowest BCUT2D eigenvalue weighted by atomic mass is 9.77. The summed E-state index contributed by atoms with van der Waals surface area (Å²) >= 11 is 0. The molecule has 5 fully saturated rings. The molecule has 0 bridgehead atoms. The lowest BCUT2D eigenvalue weighted by Crippen LogP contribution is -2.44. The van der Waals surface area contributed by atoms with Crippen LogP contribution in [0.2, 0.25) is 0 Å². The van der Waals surface area contributed by atoms with Gasteiger partial charge in [0, 0.05) is 25.6 Å². The number of fused-ring (bicyclic) bond motifs is 4. The summed E-state index contributed by atoms with van der Waals surface area (Å²) in [5.74, 6) is -0.400. The van der Waals surface area contributed by atoms with E-state index in [-0.39, 0.29) is 41.7 Å². The number of hydrogen-bond donors (Lipinski definition) is 1. The van der Waals surface area contributed by atoms with Gasteiger partial charge in [0.05, 0.1) is 36.9 Å². The highest BCUT2D eigenvalue weighted by Gasteiger charge is 2.67. The molecule has 4 saturated heterocycles. The molecule has 146 valence electrons. The summed E-state index contributed by atoms with van der Waals surface area (Å²) in [5.41, 5.74) is -0.718. The van der Waals surface area contributed by atoms with Crippen molar-refractivity contribution in [3.63, 3.8) is 0 Å². The van der Waals surface area contributed by atoms with Crippen molar-refractivity contribution >= 4 is 5.97 Å². The predicted molar refractivity (Wildman–Crippen MR) is 90.5 cm³/mol. The van der Waals surface area contributed by atoms with E-state index in [4.69, 9.17) is 18.9 Å². The number of ether oxygens (including phenoxy) is 4. The summed E-state index contributed by atoms with van der Waals surface area (Å²) < 4.78 is 23.1. The number of carbonyl (C=O) groups is 1. The van der Waals surface area contributed by atoms with Gasteiger partial charge in [-0.15, -0.1) is 0 Å². The number of aliphatic hydroxyl groups excluding tert-OH is 1. The molecule has 7 nitrogen and oxygen atoms in total. The third-order valence-electron chi connectivity index (χ3n) is 7.33. The second-order valence-electron chi connectivity index (χ2n) is 9.02. The molecular weight excluding hydrogens is 338 g/mol. The van der Waals surface area contributed by atoms with Crippen LogP contribution in [0.1, 0.15) is 33.1 Å².